The minimum Gasteiger partial charge on any atom is -0.507 e. The zero-order chi connectivity index (χ0) is 43.7. The summed E-state index contributed by atoms with van der Waals surface area (Å²) < 4.78 is 0. The van der Waals surface area contributed by atoms with Gasteiger partial charge in [-0.05, 0) is 98.5 Å². The van der Waals surface area contributed by atoms with Crippen LogP contribution in [0.15, 0.2) is 54.6 Å². The summed E-state index contributed by atoms with van der Waals surface area (Å²) in [4.78, 5) is 53.4. The van der Waals surface area contributed by atoms with E-state index in [1.54, 1.807) is 6.07 Å². The number of likely N-dealkylation sites (tertiary alicyclic amines) is 3. The molecule has 14 nitrogen and oxygen atoms in total. The van der Waals surface area contributed by atoms with E-state index in [-0.39, 0.29) is 49.1 Å². The Morgan fingerprint density at radius 2 is 1.71 bits per heavy atom. The molecule has 14 heteroatoms. The van der Waals surface area contributed by atoms with Crippen molar-refractivity contribution in [2.75, 3.05) is 45.8 Å². The average molecular weight is 844 g/mol. The van der Waals surface area contributed by atoms with E-state index in [9.17, 15) is 24.6 Å². The van der Waals surface area contributed by atoms with Crippen LogP contribution < -0.4 is 10.6 Å². The lowest BCUT2D eigenvalue weighted by molar-refractivity contribution is -0.142. The van der Waals surface area contributed by atoms with Crippen LogP contribution in [0.3, 0.4) is 0 Å². The van der Waals surface area contributed by atoms with Crippen molar-refractivity contribution in [1.29, 1.82) is 0 Å². The Morgan fingerprint density at radius 1 is 0.984 bits per heavy atom. The molecular weight excluding hydrogens is 783 g/mol. The number of aromatic amines is 1. The van der Waals surface area contributed by atoms with Crippen LogP contribution in [0.4, 0.5) is 4.79 Å². The van der Waals surface area contributed by atoms with Crippen molar-refractivity contribution in [3.8, 4) is 29.4 Å². The van der Waals surface area contributed by atoms with Gasteiger partial charge in [0.2, 0.25) is 11.8 Å². The monoisotopic (exact) mass is 843 g/mol. The normalized spacial score (nSPS) is 22.3. The number of benzene rings is 2. The molecule has 62 heavy (non-hydrogen) atoms. The Morgan fingerprint density at radius 3 is 2.40 bits per heavy atom. The second-order valence-electron chi connectivity index (χ2n) is 18.9. The Labute approximate surface area is 364 Å². The summed E-state index contributed by atoms with van der Waals surface area (Å²) in [5.41, 5.74) is 5.63. The molecule has 4 atom stereocenters. The van der Waals surface area contributed by atoms with Crippen LogP contribution in [0, 0.1) is 23.7 Å². The van der Waals surface area contributed by atoms with Gasteiger partial charge in [0, 0.05) is 86.4 Å². The van der Waals surface area contributed by atoms with Gasteiger partial charge in [-0.2, -0.15) is 0 Å². The molecule has 4 aromatic rings. The molecule has 0 bridgehead atoms. The molecule has 0 radical (unpaired) electrons. The van der Waals surface area contributed by atoms with E-state index in [1.807, 2.05) is 68.1 Å². The summed E-state index contributed by atoms with van der Waals surface area (Å²) in [7, 11) is 0. The number of nitrogens with one attached hydrogen (secondary N) is 3. The van der Waals surface area contributed by atoms with Crippen molar-refractivity contribution in [3.63, 3.8) is 0 Å². The summed E-state index contributed by atoms with van der Waals surface area (Å²) in [6.45, 7) is 13.6. The molecule has 0 unspecified atom stereocenters. The number of fused-ring (bicyclic) bond motifs is 3. The molecule has 4 aliphatic heterocycles. The standard InChI is InChI=1S/C48H61N9O5/c1-6-31-11-13-32(14-12-31)27-49-45(60)40-25-35(58)29-57(40)46(61)43(48(3,4)5)51-47(62)55-22-15-33(16-23-55)28-54-20-17-34(18-21-54)56-24-19-38-42(30(56)2)37-26-39(52-53-44(37)50-38)36-9-7-8-10-41(36)59/h1,7-14,26,30,33-35,40,43,58-59H,15-25,27-29H2,2-5H3,(H,49,60)(H,50,53)(H,51,62)/t30-,35-,40+,43-/m1/s1. The van der Waals surface area contributed by atoms with Gasteiger partial charge in [-0.1, -0.05) is 51.0 Å². The molecule has 8 rings (SSSR count). The van der Waals surface area contributed by atoms with E-state index >= 15 is 0 Å². The molecule has 6 heterocycles. The Balaban J connectivity index is 0.814. The highest BCUT2D eigenvalue weighted by atomic mass is 16.3. The number of aromatic nitrogens is 3. The molecule has 0 saturated carbocycles. The lowest BCUT2D eigenvalue weighted by Gasteiger charge is -2.44. The first-order chi connectivity index (χ1) is 29.8. The molecule has 3 fully saturated rings. The third-order valence-corrected chi connectivity index (χ3v) is 13.7. The lowest BCUT2D eigenvalue weighted by Crippen LogP contribution is -2.60. The van der Waals surface area contributed by atoms with Gasteiger partial charge in [0.25, 0.3) is 0 Å². The van der Waals surface area contributed by atoms with E-state index in [2.05, 4.69) is 54.5 Å². The third kappa shape index (κ3) is 9.16. The fourth-order valence-electron chi connectivity index (χ4n) is 10.1. The molecule has 0 spiro atoms. The highest BCUT2D eigenvalue weighted by Crippen LogP contribution is 2.39. The van der Waals surface area contributed by atoms with E-state index in [0.717, 1.165) is 80.4 Å². The number of carbonyl (C=O) groups excluding carboxylic acids is 3. The minimum atomic E-state index is -0.883. The number of nitrogens with zero attached hydrogens (tertiary/aromatic N) is 6. The maximum Gasteiger partial charge on any atom is 0.318 e. The van der Waals surface area contributed by atoms with Crippen molar-refractivity contribution >= 4 is 28.9 Å². The predicted molar refractivity (Wildman–Crippen MR) is 238 cm³/mol. The molecule has 2 aromatic carbocycles. The Hall–Kier alpha value is -5.49. The fourth-order valence-corrected chi connectivity index (χ4v) is 10.1. The van der Waals surface area contributed by atoms with Crippen LogP contribution >= 0.6 is 0 Å². The van der Waals surface area contributed by atoms with Crippen molar-refractivity contribution in [1.82, 2.24) is 45.4 Å². The number of hydrogen-bond donors (Lipinski definition) is 5. The SMILES string of the molecule is C#Cc1ccc(CNC(=O)[C@@H]2C[C@@H](O)CN2C(=O)[C@@H](NC(=O)N2CCC(CN3CCC(N4CCc5[nH]c6nnc(-c7ccccc7O)cc6c5[C@H]4C)CC3)CC2)C(C)(C)C)cc1. The van der Waals surface area contributed by atoms with Gasteiger partial charge in [-0.25, -0.2) is 4.79 Å². The number of para-hydroxylation sites is 1. The first-order valence-corrected chi connectivity index (χ1v) is 22.3. The van der Waals surface area contributed by atoms with Crippen molar-refractivity contribution in [3.05, 3.63) is 77.0 Å². The summed E-state index contributed by atoms with van der Waals surface area (Å²) >= 11 is 0. The van der Waals surface area contributed by atoms with E-state index in [1.165, 1.54) is 16.2 Å². The summed E-state index contributed by atoms with van der Waals surface area (Å²) in [6.07, 6.45) is 9.68. The topological polar surface area (TPSA) is 170 Å². The number of rotatable bonds is 9. The second kappa shape index (κ2) is 18.1. The molecule has 328 valence electrons. The average Bonchev–Trinajstić information content (AvgIpc) is 3.85. The first kappa shape index (κ1) is 43.2. The van der Waals surface area contributed by atoms with E-state index in [4.69, 9.17) is 6.42 Å². The number of carbonyl (C=O) groups is 3. The van der Waals surface area contributed by atoms with Crippen molar-refractivity contribution in [2.45, 2.75) is 103 Å². The van der Waals surface area contributed by atoms with Gasteiger partial charge in [0.15, 0.2) is 5.65 Å². The van der Waals surface area contributed by atoms with E-state index in [0.29, 0.717) is 36.3 Å². The third-order valence-electron chi connectivity index (χ3n) is 13.7. The number of phenols is 1. The molecule has 4 amide bonds. The number of aliphatic hydroxyl groups is 1. The fraction of sp³-hybridized carbons (Fsp3) is 0.521. The predicted octanol–water partition coefficient (Wildman–Crippen LogP) is 4.81. The van der Waals surface area contributed by atoms with Crippen LogP contribution in [0.25, 0.3) is 22.3 Å². The maximum atomic E-state index is 14.2. The lowest BCUT2D eigenvalue weighted by atomic mass is 9.85. The molecular formula is C48H61N9O5. The van der Waals surface area contributed by atoms with Gasteiger partial charge in [0.1, 0.15) is 17.8 Å². The zero-order valence-electron chi connectivity index (χ0n) is 36.4. The highest BCUT2D eigenvalue weighted by molar-refractivity contribution is 5.93. The number of piperidine rings is 2. The van der Waals surface area contributed by atoms with Gasteiger partial charge in [0.05, 0.1) is 11.8 Å². The van der Waals surface area contributed by atoms with Crippen LogP contribution in [0.1, 0.15) is 88.2 Å². The Kier molecular flexibility index (Phi) is 12.6. The number of H-pyrrole nitrogens is 1. The zero-order valence-corrected chi connectivity index (χ0v) is 36.4. The smallest absolute Gasteiger partial charge is 0.318 e. The quantitative estimate of drug-likeness (QED) is 0.149. The van der Waals surface area contributed by atoms with E-state index < -0.39 is 23.6 Å². The van der Waals surface area contributed by atoms with Gasteiger partial charge < -0.3 is 40.5 Å². The van der Waals surface area contributed by atoms with Crippen LogP contribution in [0.2, 0.25) is 0 Å². The summed E-state index contributed by atoms with van der Waals surface area (Å²) in [5, 5.41) is 37.1. The highest BCUT2D eigenvalue weighted by Gasteiger charge is 2.45. The van der Waals surface area contributed by atoms with Gasteiger partial charge in [-0.15, -0.1) is 16.6 Å². The summed E-state index contributed by atoms with van der Waals surface area (Å²) in [6, 6.07) is 15.4. The number of hydrogen-bond acceptors (Lipinski definition) is 9. The number of aromatic hydroxyl groups is 1. The van der Waals surface area contributed by atoms with Crippen LogP contribution in [-0.4, -0.2) is 133 Å². The Bertz CT molecular complexity index is 2300. The van der Waals surface area contributed by atoms with Crippen LogP contribution in [0.5, 0.6) is 5.75 Å². The minimum absolute atomic E-state index is 0.0271. The molecule has 4 aliphatic rings. The summed E-state index contributed by atoms with van der Waals surface area (Å²) in [5.74, 6) is 2.55. The van der Waals surface area contributed by atoms with Crippen molar-refractivity contribution < 1.29 is 24.6 Å². The number of aliphatic hydroxyl groups excluding tert-OH is 1. The van der Waals surface area contributed by atoms with Gasteiger partial charge in [-0.3, -0.25) is 14.5 Å². The van der Waals surface area contributed by atoms with Gasteiger partial charge >= 0.3 is 6.03 Å². The molecule has 3 saturated heterocycles. The second-order valence-corrected chi connectivity index (χ2v) is 18.9. The molecule has 2 aromatic heterocycles. The van der Waals surface area contributed by atoms with Crippen molar-refractivity contribution in [2.24, 2.45) is 11.3 Å². The van der Waals surface area contributed by atoms with Crippen LogP contribution in [-0.2, 0) is 22.6 Å². The molecule has 0 aliphatic carbocycles. The number of phenolic OH excluding ortho intramolecular Hbond substituents is 1. The largest absolute Gasteiger partial charge is 0.507 e. The molecule has 5 N–H and O–H groups in total. The first-order valence-electron chi connectivity index (χ1n) is 22.3. The number of urea groups is 1. The number of β-amino-alcohol motifs (C(OH)–C–C–N with tert-alkyl or cyclic N) is 1. The maximum absolute atomic E-state index is 14.2. The number of amides is 4. The number of terminal acetylenes is 1.